The number of carbonyl (C=O) groups is 2. The van der Waals surface area contributed by atoms with Gasteiger partial charge >= 0.3 is 12.2 Å². The summed E-state index contributed by atoms with van der Waals surface area (Å²) in [5.74, 6) is -1.40. The molecule has 1 saturated heterocycles. The number of halogens is 3. The van der Waals surface area contributed by atoms with Crippen molar-refractivity contribution < 1.29 is 27.9 Å². The molecule has 0 aliphatic carbocycles. The summed E-state index contributed by atoms with van der Waals surface area (Å²) in [5, 5.41) is 10.8. The molecule has 0 radical (unpaired) electrons. The van der Waals surface area contributed by atoms with Gasteiger partial charge in [-0.05, 0) is 20.8 Å². The van der Waals surface area contributed by atoms with Crippen molar-refractivity contribution in [2.75, 3.05) is 0 Å². The molecular weight excluding hydrogens is 241 g/mol. The Hall–Kier alpha value is -1.31. The molecule has 0 aromatic rings. The average molecular weight is 254 g/mol. The first-order chi connectivity index (χ1) is 7.52. The molecule has 0 spiro atoms. The Balaban J connectivity index is 3.10. The molecule has 1 aliphatic heterocycles. The van der Waals surface area contributed by atoms with E-state index in [1.54, 1.807) is 5.32 Å². The number of nitrogens with zero attached hydrogens (tertiary/aromatic N) is 1. The summed E-state index contributed by atoms with van der Waals surface area (Å²) in [6.45, 7) is 3.18. The van der Waals surface area contributed by atoms with Crippen molar-refractivity contribution in [1.29, 1.82) is 0 Å². The van der Waals surface area contributed by atoms with E-state index in [4.69, 9.17) is 0 Å². The van der Waals surface area contributed by atoms with E-state index in [-0.39, 0.29) is 0 Å². The van der Waals surface area contributed by atoms with Gasteiger partial charge in [-0.2, -0.15) is 13.2 Å². The molecule has 0 saturated carbocycles. The molecule has 5 nitrogen and oxygen atoms in total. The maximum atomic E-state index is 12.7. The summed E-state index contributed by atoms with van der Waals surface area (Å²) >= 11 is 0. The van der Waals surface area contributed by atoms with E-state index < -0.39 is 35.8 Å². The van der Waals surface area contributed by atoms with Crippen molar-refractivity contribution in [3.8, 4) is 0 Å². The molecule has 3 amide bonds. The lowest BCUT2D eigenvalue weighted by molar-refractivity contribution is -0.191. The number of alkyl halides is 3. The maximum absolute atomic E-state index is 12.7. The third kappa shape index (κ3) is 1.97. The molecule has 1 rings (SSSR count). The van der Waals surface area contributed by atoms with E-state index in [0.717, 1.165) is 0 Å². The Labute approximate surface area is 95.6 Å². The van der Waals surface area contributed by atoms with Crippen LogP contribution in [0.2, 0.25) is 0 Å². The lowest BCUT2D eigenvalue weighted by atomic mass is 10.0. The second-order valence-electron chi connectivity index (χ2n) is 4.21. The van der Waals surface area contributed by atoms with Gasteiger partial charge in [0.2, 0.25) is 5.54 Å². The molecule has 3 unspecified atom stereocenters. The minimum absolute atomic E-state index is 0.401. The minimum atomic E-state index is -4.88. The monoisotopic (exact) mass is 254 g/mol. The van der Waals surface area contributed by atoms with Crippen LogP contribution in [0, 0.1) is 0 Å². The van der Waals surface area contributed by atoms with Crippen LogP contribution < -0.4 is 5.32 Å². The molecular formula is C9H13F3N2O3. The number of hydrogen-bond acceptors (Lipinski definition) is 3. The predicted molar refractivity (Wildman–Crippen MR) is 51.0 cm³/mol. The number of aliphatic hydroxyl groups excluding tert-OH is 1. The van der Waals surface area contributed by atoms with Crippen molar-refractivity contribution in [1.82, 2.24) is 10.2 Å². The number of amides is 3. The summed E-state index contributed by atoms with van der Waals surface area (Å²) < 4.78 is 38.0. The van der Waals surface area contributed by atoms with E-state index in [0.29, 0.717) is 11.8 Å². The molecule has 3 atom stereocenters. The van der Waals surface area contributed by atoms with Crippen LogP contribution in [0.5, 0.6) is 0 Å². The van der Waals surface area contributed by atoms with Crippen LogP contribution in [0.1, 0.15) is 20.8 Å². The van der Waals surface area contributed by atoms with Gasteiger partial charge in [0, 0.05) is 0 Å². The van der Waals surface area contributed by atoms with Gasteiger partial charge in [-0.1, -0.05) is 0 Å². The molecule has 1 aliphatic rings. The van der Waals surface area contributed by atoms with Gasteiger partial charge in [-0.3, -0.25) is 9.69 Å². The first-order valence-electron chi connectivity index (χ1n) is 4.93. The summed E-state index contributed by atoms with van der Waals surface area (Å²) in [5.41, 5.74) is -2.92. The van der Waals surface area contributed by atoms with Crippen molar-refractivity contribution in [2.45, 2.75) is 44.6 Å². The number of carbonyl (C=O) groups excluding carboxylic acids is 2. The van der Waals surface area contributed by atoms with Crippen LogP contribution in [-0.4, -0.2) is 45.8 Å². The standard InChI is InChI=1S/C9H13F3N2O3/c1-4(5(2)15)14-6(16)8(3,9(10,11)12)13-7(14)17/h4-5,15H,1-3H3,(H,13,17). The van der Waals surface area contributed by atoms with Gasteiger partial charge < -0.3 is 10.4 Å². The molecule has 1 fully saturated rings. The van der Waals surface area contributed by atoms with Crippen molar-refractivity contribution in [3.63, 3.8) is 0 Å². The SMILES string of the molecule is CC(O)C(C)N1C(=O)NC(C)(C(F)(F)F)C1=O. The van der Waals surface area contributed by atoms with E-state index in [2.05, 4.69) is 0 Å². The van der Waals surface area contributed by atoms with Crippen LogP contribution in [0.4, 0.5) is 18.0 Å². The number of rotatable bonds is 2. The van der Waals surface area contributed by atoms with Gasteiger partial charge in [0.05, 0.1) is 12.1 Å². The summed E-state index contributed by atoms with van der Waals surface area (Å²) in [6, 6.07) is -2.17. The Kier molecular flexibility index (Phi) is 3.13. The highest BCUT2D eigenvalue weighted by Crippen LogP contribution is 2.36. The van der Waals surface area contributed by atoms with Crippen LogP contribution in [-0.2, 0) is 4.79 Å². The first-order valence-corrected chi connectivity index (χ1v) is 4.93. The van der Waals surface area contributed by atoms with E-state index in [9.17, 15) is 27.9 Å². The van der Waals surface area contributed by atoms with Crippen LogP contribution >= 0.6 is 0 Å². The van der Waals surface area contributed by atoms with Crippen LogP contribution in [0.3, 0.4) is 0 Å². The Morgan fingerprint density at radius 3 is 2.12 bits per heavy atom. The Bertz CT molecular complexity index is 356. The third-order valence-electron chi connectivity index (χ3n) is 2.89. The number of hydrogen-bond donors (Lipinski definition) is 2. The highest BCUT2D eigenvalue weighted by Gasteiger charge is 2.65. The van der Waals surface area contributed by atoms with Gasteiger partial charge in [0.25, 0.3) is 5.91 Å². The van der Waals surface area contributed by atoms with Gasteiger partial charge in [-0.15, -0.1) is 0 Å². The predicted octanol–water partition coefficient (Wildman–Crippen LogP) is 0.629. The molecule has 17 heavy (non-hydrogen) atoms. The molecule has 98 valence electrons. The second kappa shape index (κ2) is 3.86. The topological polar surface area (TPSA) is 69.6 Å². The molecule has 8 heteroatoms. The van der Waals surface area contributed by atoms with Crippen molar-refractivity contribution in [3.05, 3.63) is 0 Å². The summed E-state index contributed by atoms with van der Waals surface area (Å²) in [4.78, 5) is 23.4. The lowest BCUT2D eigenvalue weighted by Crippen LogP contribution is -2.56. The first kappa shape index (κ1) is 13.8. The van der Waals surface area contributed by atoms with Crippen LogP contribution in [0.25, 0.3) is 0 Å². The highest BCUT2D eigenvalue weighted by atomic mass is 19.4. The zero-order valence-corrected chi connectivity index (χ0v) is 9.50. The molecule has 0 aromatic carbocycles. The molecule has 2 N–H and O–H groups in total. The van der Waals surface area contributed by atoms with Crippen LogP contribution in [0.15, 0.2) is 0 Å². The third-order valence-corrected chi connectivity index (χ3v) is 2.89. The van der Waals surface area contributed by atoms with E-state index in [1.165, 1.54) is 13.8 Å². The normalized spacial score (nSPS) is 29.2. The highest BCUT2D eigenvalue weighted by molar-refractivity contribution is 6.07. The largest absolute Gasteiger partial charge is 0.420 e. The second-order valence-corrected chi connectivity index (χ2v) is 4.21. The zero-order valence-electron chi connectivity index (χ0n) is 9.50. The zero-order chi connectivity index (χ0) is 13.6. The fourth-order valence-corrected chi connectivity index (χ4v) is 1.44. The summed E-state index contributed by atoms with van der Waals surface area (Å²) in [6.07, 6.45) is -5.99. The van der Waals surface area contributed by atoms with E-state index >= 15 is 0 Å². The van der Waals surface area contributed by atoms with Gasteiger partial charge in [0.1, 0.15) is 0 Å². The molecule has 0 aromatic heterocycles. The Morgan fingerprint density at radius 1 is 1.35 bits per heavy atom. The van der Waals surface area contributed by atoms with Gasteiger partial charge in [-0.25, -0.2) is 4.79 Å². The van der Waals surface area contributed by atoms with Gasteiger partial charge in [0.15, 0.2) is 0 Å². The van der Waals surface area contributed by atoms with Crippen molar-refractivity contribution >= 4 is 11.9 Å². The number of urea groups is 1. The quantitative estimate of drug-likeness (QED) is 0.710. The average Bonchev–Trinajstić information content (AvgIpc) is 2.37. The Morgan fingerprint density at radius 2 is 1.82 bits per heavy atom. The van der Waals surface area contributed by atoms with Crippen molar-refractivity contribution in [2.24, 2.45) is 0 Å². The number of imide groups is 1. The summed E-state index contributed by atoms with van der Waals surface area (Å²) in [7, 11) is 0. The fourth-order valence-electron chi connectivity index (χ4n) is 1.44. The molecule has 0 bridgehead atoms. The van der Waals surface area contributed by atoms with E-state index in [1.807, 2.05) is 0 Å². The smallest absolute Gasteiger partial charge is 0.391 e. The minimum Gasteiger partial charge on any atom is -0.391 e. The maximum Gasteiger partial charge on any atom is 0.420 e. The lowest BCUT2D eigenvalue weighted by Gasteiger charge is -2.27. The molecule has 1 heterocycles. The fraction of sp³-hybridized carbons (Fsp3) is 0.778. The number of nitrogens with one attached hydrogen (secondary N) is 1. The number of aliphatic hydroxyl groups is 1.